The molecule has 0 aliphatic rings. The molecule has 0 amide bonds. The molecule has 3 N–H and O–H groups in total. The largest absolute Gasteiger partial charge is 0.382 e. The van der Waals surface area contributed by atoms with Crippen LogP contribution in [-0.4, -0.2) is 14.8 Å². The Morgan fingerprint density at radius 1 is 1.33 bits per heavy atom. The summed E-state index contributed by atoms with van der Waals surface area (Å²) in [5.41, 5.74) is 10.2. The van der Waals surface area contributed by atoms with Crippen LogP contribution in [0.2, 0.25) is 0 Å². The second kappa shape index (κ2) is 3.88. The van der Waals surface area contributed by atoms with Crippen molar-refractivity contribution in [3.8, 4) is 11.3 Å². The van der Waals surface area contributed by atoms with Crippen molar-refractivity contribution in [3.63, 3.8) is 0 Å². The molecule has 2 heterocycles. The summed E-state index contributed by atoms with van der Waals surface area (Å²) in [6.45, 7) is 2.10. The first kappa shape index (κ1) is 11.3. The second-order valence-electron chi connectivity index (χ2n) is 4.39. The van der Waals surface area contributed by atoms with Crippen LogP contribution >= 0.6 is 15.9 Å². The number of halogens is 1. The Kier molecular flexibility index (Phi) is 2.45. The van der Waals surface area contributed by atoms with Crippen LogP contribution in [0.4, 0.5) is 5.82 Å². The molecule has 5 heteroatoms. The van der Waals surface area contributed by atoms with Crippen molar-refractivity contribution in [1.82, 2.24) is 14.8 Å². The SMILES string of the molecule is Cc1c(-c2cc(N)n[nH]2)c2cc(Br)ccc2n1C. The van der Waals surface area contributed by atoms with E-state index in [1.54, 1.807) is 0 Å². The first-order valence-corrected chi connectivity index (χ1v) is 6.43. The van der Waals surface area contributed by atoms with Crippen LogP contribution in [0, 0.1) is 6.92 Å². The van der Waals surface area contributed by atoms with E-state index in [9.17, 15) is 0 Å². The van der Waals surface area contributed by atoms with Crippen molar-refractivity contribution < 1.29 is 0 Å². The molecule has 0 saturated heterocycles. The topological polar surface area (TPSA) is 59.6 Å². The maximum Gasteiger partial charge on any atom is 0.145 e. The zero-order valence-corrected chi connectivity index (χ0v) is 11.7. The minimum atomic E-state index is 0.511. The molecule has 0 aliphatic carbocycles. The predicted molar refractivity (Wildman–Crippen MR) is 77.4 cm³/mol. The number of nitrogens with one attached hydrogen (secondary N) is 1. The van der Waals surface area contributed by atoms with Crippen molar-refractivity contribution in [2.24, 2.45) is 7.05 Å². The van der Waals surface area contributed by atoms with E-state index in [-0.39, 0.29) is 0 Å². The predicted octanol–water partition coefficient (Wildman–Crippen LogP) is 3.22. The Bertz CT molecular complexity index is 739. The van der Waals surface area contributed by atoms with E-state index in [2.05, 4.69) is 56.8 Å². The van der Waals surface area contributed by atoms with E-state index in [1.165, 1.54) is 16.6 Å². The molecule has 2 aromatic heterocycles. The molecule has 0 unspecified atom stereocenters. The zero-order chi connectivity index (χ0) is 12.9. The van der Waals surface area contributed by atoms with Crippen LogP contribution in [0.25, 0.3) is 22.2 Å². The summed E-state index contributed by atoms with van der Waals surface area (Å²) in [5, 5.41) is 8.18. The number of nitrogen functional groups attached to an aromatic ring is 1. The van der Waals surface area contributed by atoms with E-state index >= 15 is 0 Å². The van der Waals surface area contributed by atoms with E-state index in [0.29, 0.717) is 5.82 Å². The van der Waals surface area contributed by atoms with Crippen LogP contribution in [0.3, 0.4) is 0 Å². The first-order chi connectivity index (χ1) is 8.58. The number of nitrogens with zero attached hydrogens (tertiary/aromatic N) is 2. The third kappa shape index (κ3) is 1.54. The molecule has 18 heavy (non-hydrogen) atoms. The lowest BCUT2D eigenvalue weighted by molar-refractivity contribution is 0.918. The number of benzene rings is 1. The van der Waals surface area contributed by atoms with Gasteiger partial charge in [0.25, 0.3) is 0 Å². The molecule has 0 fully saturated rings. The van der Waals surface area contributed by atoms with Gasteiger partial charge in [-0.05, 0) is 25.1 Å². The molecule has 0 radical (unpaired) electrons. The molecular weight excluding hydrogens is 292 g/mol. The molecule has 3 aromatic rings. The van der Waals surface area contributed by atoms with Crippen molar-refractivity contribution in [2.45, 2.75) is 6.92 Å². The van der Waals surface area contributed by atoms with E-state index in [0.717, 1.165) is 15.7 Å². The molecule has 92 valence electrons. The van der Waals surface area contributed by atoms with Crippen LogP contribution < -0.4 is 5.73 Å². The number of hydrogen-bond donors (Lipinski definition) is 2. The number of aryl methyl sites for hydroxylation is 1. The molecule has 0 spiro atoms. The monoisotopic (exact) mass is 304 g/mol. The van der Waals surface area contributed by atoms with E-state index in [4.69, 9.17) is 5.73 Å². The molecular formula is C13H13BrN4. The fourth-order valence-corrected chi connectivity index (χ4v) is 2.71. The van der Waals surface area contributed by atoms with Gasteiger partial charge in [-0.25, -0.2) is 0 Å². The number of hydrogen-bond acceptors (Lipinski definition) is 2. The smallest absolute Gasteiger partial charge is 0.145 e. The fraction of sp³-hybridized carbons (Fsp3) is 0.154. The van der Waals surface area contributed by atoms with Gasteiger partial charge in [0.05, 0.1) is 5.69 Å². The Labute approximate surface area is 113 Å². The van der Waals surface area contributed by atoms with Crippen LogP contribution in [0.15, 0.2) is 28.7 Å². The molecule has 0 saturated carbocycles. The summed E-state index contributed by atoms with van der Waals surface area (Å²) in [7, 11) is 2.06. The van der Waals surface area contributed by atoms with Crippen LogP contribution in [-0.2, 0) is 7.05 Å². The number of rotatable bonds is 1. The lowest BCUT2D eigenvalue weighted by atomic mass is 10.1. The fourth-order valence-electron chi connectivity index (χ4n) is 2.35. The normalized spacial score (nSPS) is 11.3. The summed E-state index contributed by atoms with van der Waals surface area (Å²) in [6, 6.07) is 8.14. The molecule has 0 atom stereocenters. The Balaban J connectivity index is 2.40. The maximum atomic E-state index is 5.69. The summed E-state index contributed by atoms with van der Waals surface area (Å²) in [6.07, 6.45) is 0. The molecule has 3 rings (SSSR count). The van der Waals surface area contributed by atoms with Gasteiger partial charge in [0.1, 0.15) is 5.82 Å². The maximum absolute atomic E-state index is 5.69. The summed E-state index contributed by atoms with van der Waals surface area (Å²) in [5.74, 6) is 0.511. The molecule has 1 aromatic carbocycles. The highest BCUT2D eigenvalue weighted by atomic mass is 79.9. The Morgan fingerprint density at radius 2 is 2.11 bits per heavy atom. The van der Waals surface area contributed by atoms with Crippen LogP contribution in [0.1, 0.15) is 5.69 Å². The summed E-state index contributed by atoms with van der Waals surface area (Å²) >= 11 is 3.52. The second-order valence-corrected chi connectivity index (χ2v) is 5.30. The number of anilines is 1. The average molecular weight is 305 g/mol. The quantitative estimate of drug-likeness (QED) is 0.725. The number of fused-ring (bicyclic) bond motifs is 1. The van der Waals surface area contributed by atoms with E-state index in [1.807, 2.05) is 12.1 Å². The van der Waals surface area contributed by atoms with Crippen molar-refractivity contribution >= 4 is 32.7 Å². The van der Waals surface area contributed by atoms with Gasteiger partial charge in [-0.3, -0.25) is 5.10 Å². The van der Waals surface area contributed by atoms with Gasteiger partial charge in [-0.15, -0.1) is 0 Å². The summed E-state index contributed by atoms with van der Waals surface area (Å²) < 4.78 is 3.24. The highest BCUT2D eigenvalue weighted by Crippen LogP contribution is 2.34. The number of aromatic nitrogens is 3. The van der Waals surface area contributed by atoms with Gasteiger partial charge >= 0.3 is 0 Å². The lowest BCUT2D eigenvalue weighted by Crippen LogP contribution is -1.90. The van der Waals surface area contributed by atoms with Gasteiger partial charge in [0.2, 0.25) is 0 Å². The molecule has 0 aliphatic heterocycles. The summed E-state index contributed by atoms with van der Waals surface area (Å²) in [4.78, 5) is 0. The average Bonchev–Trinajstić information content (AvgIpc) is 2.84. The van der Waals surface area contributed by atoms with Gasteiger partial charge < -0.3 is 10.3 Å². The van der Waals surface area contributed by atoms with Crippen LogP contribution in [0.5, 0.6) is 0 Å². The minimum absolute atomic E-state index is 0.511. The van der Waals surface area contributed by atoms with Gasteiger partial charge in [0, 0.05) is 39.7 Å². The third-order valence-electron chi connectivity index (χ3n) is 3.32. The van der Waals surface area contributed by atoms with Gasteiger partial charge in [-0.1, -0.05) is 15.9 Å². The molecule has 0 bridgehead atoms. The highest BCUT2D eigenvalue weighted by molar-refractivity contribution is 9.10. The van der Waals surface area contributed by atoms with Gasteiger partial charge in [0.15, 0.2) is 0 Å². The number of aromatic amines is 1. The number of H-pyrrole nitrogens is 1. The number of nitrogens with two attached hydrogens (primary N) is 1. The third-order valence-corrected chi connectivity index (χ3v) is 3.81. The highest BCUT2D eigenvalue weighted by Gasteiger charge is 2.15. The van der Waals surface area contributed by atoms with Gasteiger partial charge in [-0.2, -0.15) is 5.10 Å². The van der Waals surface area contributed by atoms with Crippen molar-refractivity contribution in [3.05, 3.63) is 34.4 Å². The minimum Gasteiger partial charge on any atom is -0.382 e. The Hall–Kier alpha value is -1.75. The van der Waals surface area contributed by atoms with E-state index < -0.39 is 0 Å². The van der Waals surface area contributed by atoms with Crippen molar-refractivity contribution in [1.29, 1.82) is 0 Å². The lowest BCUT2D eigenvalue weighted by Gasteiger charge is -1.99. The van der Waals surface area contributed by atoms with Crippen molar-refractivity contribution in [2.75, 3.05) is 5.73 Å². The first-order valence-electron chi connectivity index (χ1n) is 5.63. The molecule has 4 nitrogen and oxygen atoms in total. The zero-order valence-electron chi connectivity index (χ0n) is 10.2. The standard InChI is InChI=1S/C13H13BrN4/c1-7-13(10-6-12(15)17-16-10)9-5-8(14)3-4-11(9)18(7)2/h3-6H,1-2H3,(H3,15,16,17). The Morgan fingerprint density at radius 3 is 2.78 bits per heavy atom.